The predicted molar refractivity (Wildman–Crippen MR) is 69.5 cm³/mol. The van der Waals surface area contributed by atoms with Gasteiger partial charge in [0.1, 0.15) is 11.6 Å². The van der Waals surface area contributed by atoms with Crippen LogP contribution >= 0.6 is 11.8 Å². The predicted octanol–water partition coefficient (Wildman–Crippen LogP) is 4.14. The number of rotatable bonds is 3. The second-order valence-corrected chi connectivity index (χ2v) is 5.15. The van der Waals surface area contributed by atoms with Crippen molar-refractivity contribution < 1.29 is 8.78 Å². The lowest BCUT2D eigenvalue weighted by molar-refractivity contribution is 0.565. The SMILES string of the molecule is CC(N)c1ccc(Sc2ccc(F)cc2F)cc1. The van der Waals surface area contributed by atoms with Crippen LogP contribution < -0.4 is 5.73 Å². The van der Waals surface area contributed by atoms with E-state index in [0.717, 1.165) is 16.5 Å². The van der Waals surface area contributed by atoms with E-state index >= 15 is 0 Å². The van der Waals surface area contributed by atoms with Crippen LogP contribution in [-0.2, 0) is 0 Å². The van der Waals surface area contributed by atoms with Gasteiger partial charge in [-0.1, -0.05) is 23.9 Å². The Morgan fingerprint density at radius 1 is 1.06 bits per heavy atom. The van der Waals surface area contributed by atoms with Crippen molar-refractivity contribution in [3.63, 3.8) is 0 Å². The van der Waals surface area contributed by atoms with Crippen molar-refractivity contribution in [2.24, 2.45) is 5.73 Å². The minimum Gasteiger partial charge on any atom is -0.324 e. The molecule has 0 aliphatic heterocycles. The number of nitrogens with two attached hydrogens (primary N) is 1. The molecule has 2 aromatic rings. The summed E-state index contributed by atoms with van der Waals surface area (Å²) in [6.45, 7) is 1.90. The number of hydrogen-bond acceptors (Lipinski definition) is 2. The molecule has 18 heavy (non-hydrogen) atoms. The van der Waals surface area contributed by atoms with Crippen molar-refractivity contribution in [3.8, 4) is 0 Å². The molecule has 2 N–H and O–H groups in total. The third kappa shape index (κ3) is 3.09. The van der Waals surface area contributed by atoms with Crippen molar-refractivity contribution in [2.45, 2.75) is 22.8 Å². The Kier molecular flexibility index (Phi) is 3.99. The lowest BCUT2D eigenvalue weighted by Crippen LogP contribution is -2.04. The molecule has 1 nitrogen and oxygen atoms in total. The Balaban J connectivity index is 2.18. The zero-order valence-electron chi connectivity index (χ0n) is 9.86. The summed E-state index contributed by atoms with van der Waals surface area (Å²) in [5, 5.41) is 0. The van der Waals surface area contributed by atoms with Crippen LogP contribution in [0.1, 0.15) is 18.5 Å². The van der Waals surface area contributed by atoms with Crippen LogP contribution in [0.15, 0.2) is 52.3 Å². The Morgan fingerprint density at radius 3 is 2.28 bits per heavy atom. The van der Waals surface area contributed by atoms with Gasteiger partial charge in [0, 0.05) is 21.9 Å². The van der Waals surface area contributed by atoms with Crippen LogP contribution in [-0.4, -0.2) is 0 Å². The van der Waals surface area contributed by atoms with Crippen LogP contribution in [0.5, 0.6) is 0 Å². The number of hydrogen-bond donors (Lipinski definition) is 1. The van der Waals surface area contributed by atoms with Crippen LogP contribution in [0.25, 0.3) is 0 Å². The summed E-state index contributed by atoms with van der Waals surface area (Å²) in [7, 11) is 0. The molecule has 0 fully saturated rings. The molecule has 0 radical (unpaired) electrons. The molecule has 0 aliphatic rings. The standard InChI is InChI=1S/C14H13F2NS/c1-9(17)10-2-5-12(6-3-10)18-14-7-4-11(15)8-13(14)16/h2-9H,17H2,1H3. The second-order valence-electron chi connectivity index (χ2n) is 4.03. The first kappa shape index (κ1) is 13.1. The normalized spacial score (nSPS) is 12.4. The molecule has 1 unspecified atom stereocenters. The van der Waals surface area contributed by atoms with Gasteiger partial charge in [-0.05, 0) is 36.8 Å². The van der Waals surface area contributed by atoms with Crippen molar-refractivity contribution in [3.05, 3.63) is 59.7 Å². The molecule has 2 aromatic carbocycles. The number of benzene rings is 2. The summed E-state index contributed by atoms with van der Waals surface area (Å²) >= 11 is 1.26. The first-order valence-electron chi connectivity index (χ1n) is 5.54. The van der Waals surface area contributed by atoms with E-state index in [0.29, 0.717) is 4.90 Å². The molecule has 0 bridgehead atoms. The molecule has 94 valence electrons. The molecule has 0 amide bonds. The summed E-state index contributed by atoms with van der Waals surface area (Å²) < 4.78 is 26.2. The maximum Gasteiger partial charge on any atom is 0.140 e. The van der Waals surface area contributed by atoms with Gasteiger partial charge >= 0.3 is 0 Å². The fraction of sp³-hybridized carbons (Fsp3) is 0.143. The molecular formula is C14H13F2NS. The molecular weight excluding hydrogens is 252 g/mol. The lowest BCUT2D eigenvalue weighted by Gasteiger charge is -2.07. The third-order valence-electron chi connectivity index (χ3n) is 2.53. The molecule has 0 saturated heterocycles. The quantitative estimate of drug-likeness (QED) is 0.902. The van der Waals surface area contributed by atoms with E-state index < -0.39 is 11.6 Å². The minimum absolute atomic E-state index is 0.0217. The smallest absolute Gasteiger partial charge is 0.140 e. The van der Waals surface area contributed by atoms with Crippen LogP contribution in [0.2, 0.25) is 0 Å². The summed E-state index contributed by atoms with van der Waals surface area (Å²) in [6.07, 6.45) is 0. The highest BCUT2D eigenvalue weighted by Crippen LogP contribution is 2.30. The van der Waals surface area contributed by atoms with Gasteiger partial charge in [-0.3, -0.25) is 0 Å². The molecule has 4 heteroatoms. The van der Waals surface area contributed by atoms with Crippen molar-refractivity contribution in [1.29, 1.82) is 0 Å². The van der Waals surface area contributed by atoms with Gasteiger partial charge in [0.15, 0.2) is 0 Å². The average molecular weight is 265 g/mol. The molecule has 0 saturated carbocycles. The maximum absolute atomic E-state index is 13.5. The highest BCUT2D eigenvalue weighted by molar-refractivity contribution is 7.99. The molecule has 0 aliphatic carbocycles. The van der Waals surface area contributed by atoms with E-state index in [9.17, 15) is 8.78 Å². The third-order valence-corrected chi connectivity index (χ3v) is 3.59. The fourth-order valence-electron chi connectivity index (χ4n) is 1.52. The molecule has 0 heterocycles. The summed E-state index contributed by atoms with van der Waals surface area (Å²) in [5.41, 5.74) is 6.78. The van der Waals surface area contributed by atoms with Gasteiger partial charge in [-0.2, -0.15) is 0 Å². The van der Waals surface area contributed by atoms with Gasteiger partial charge in [-0.15, -0.1) is 0 Å². The van der Waals surface area contributed by atoms with Crippen molar-refractivity contribution in [1.82, 2.24) is 0 Å². The van der Waals surface area contributed by atoms with Gasteiger partial charge in [0.25, 0.3) is 0 Å². The lowest BCUT2D eigenvalue weighted by atomic mass is 10.1. The van der Waals surface area contributed by atoms with Crippen molar-refractivity contribution >= 4 is 11.8 Å². The largest absolute Gasteiger partial charge is 0.324 e. The van der Waals surface area contributed by atoms with Crippen LogP contribution in [0.3, 0.4) is 0 Å². The van der Waals surface area contributed by atoms with E-state index in [1.807, 2.05) is 31.2 Å². The molecule has 0 aromatic heterocycles. The van der Waals surface area contributed by atoms with E-state index in [2.05, 4.69) is 0 Å². The Morgan fingerprint density at radius 2 is 1.72 bits per heavy atom. The highest BCUT2D eigenvalue weighted by Gasteiger charge is 2.06. The topological polar surface area (TPSA) is 26.0 Å². The van der Waals surface area contributed by atoms with Crippen LogP contribution in [0.4, 0.5) is 8.78 Å². The second kappa shape index (κ2) is 5.50. The first-order valence-corrected chi connectivity index (χ1v) is 6.36. The van der Waals surface area contributed by atoms with E-state index in [1.54, 1.807) is 0 Å². The summed E-state index contributed by atoms with van der Waals surface area (Å²) in [6, 6.07) is 11.1. The molecule has 0 spiro atoms. The highest BCUT2D eigenvalue weighted by atomic mass is 32.2. The van der Waals surface area contributed by atoms with Gasteiger partial charge in [-0.25, -0.2) is 8.78 Å². The van der Waals surface area contributed by atoms with Crippen molar-refractivity contribution in [2.75, 3.05) is 0 Å². The Hall–Kier alpha value is -1.39. The Bertz CT molecular complexity index is 538. The van der Waals surface area contributed by atoms with E-state index in [-0.39, 0.29) is 6.04 Å². The number of halogens is 2. The van der Waals surface area contributed by atoms with Gasteiger partial charge < -0.3 is 5.73 Å². The van der Waals surface area contributed by atoms with Crippen LogP contribution in [0, 0.1) is 11.6 Å². The van der Waals surface area contributed by atoms with Gasteiger partial charge in [0.2, 0.25) is 0 Å². The zero-order valence-corrected chi connectivity index (χ0v) is 10.7. The van der Waals surface area contributed by atoms with Gasteiger partial charge in [0.05, 0.1) is 0 Å². The monoisotopic (exact) mass is 265 g/mol. The van der Waals surface area contributed by atoms with E-state index in [4.69, 9.17) is 5.73 Å². The van der Waals surface area contributed by atoms with E-state index in [1.165, 1.54) is 23.9 Å². The maximum atomic E-state index is 13.5. The Labute approximate surface area is 109 Å². The minimum atomic E-state index is -0.566. The molecule has 1 atom stereocenters. The molecule has 2 rings (SSSR count). The summed E-state index contributed by atoms with van der Waals surface area (Å²) in [4.78, 5) is 1.30. The first-order chi connectivity index (χ1) is 8.56. The average Bonchev–Trinajstić information content (AvgIpc) is 2.33. The zero-order chi connectivity index (χ0) is 13.1. The fourth-order valence-corrected chi connectivity index (χ4v) is 2.34. The summed E-state index contributed by atoms with van der Waals surface area (Å²) in [5.74, 6) is -1.11.